The molecule has 0 saturated carbocycles. The predicted molar refractivity (Wildman–Crippen MR) is 72.9 cm³/mol. The first-order valence-corrected chi connectivity index (χ1v) is 7.36. The predicted octanol–water partition coefficient (Wildman–Crippen LogP) is 2.64. The number of hydrogen-bond acceptors (Lipinski definition) is 4. The fourth-order valence-electron chi connectivity index (χ4n) is 2.38. The number of nitrogens with zero attached hydrogens (tertiary/aromatic N) is 2. The molecule has 0 spiro atoms. The van der Waals surface area contributed by atoms with Crippen LogP contribution in [-0.2, 0) is 6.54 Å². The van der Waals surface area contributed by atoms with Crippen LogP contribution in [0.25, 0.3) is 0 Å². The number of hydrogen-bond donors (Lipinski definition) is 1. The second-order valence-corrected chi connectivity index (χ2v) is 6.38. The van der Waals surface area contributed by atoms with Crippen molar-refractivity contribution in [3.05, 3.63) is 16.1 Å². The average Bonchev–Trinajstić information content (AvgIpc) is 2.87. The number of rotatable bonds is 4. The second kappa shape index (κ2) is 5.46. The molecule has 1 aromatic rings. The number of thiazole rings is 1. The summed E-state index contributed by atoms with van der Waals surface area (Å²) in [5.74, 6) is 1.66. The molecule has 0 aromatic carbocycles. The van der Waals surface area contributed by atoms with Crippen molar-refractivity contribution in [1.29, 1.82) is 0 Å². The van der Waals surface area contributed by atoms with Gasteiger partial charge < -0.3 is 5.73 Å². The molecule has 17 heavy (non-hydrogen) atoms. The Labute approximate surface area is 108 Å². The van der Waals surface area contributed by atoms with Crippen LogP contribution in [0.3, 0.4) is 0 Å². The van der Waals surface area contributed by atoms with Crippen LogP contribution in [0.4, 0.5) is 0 Å². The maximum Gasteiger partial charge on any atom is 0.109 e. The van der Waals surface area contributed by atoms with E-state index < -0.39 is 0 Å². The third kappa shape index (κ3) is 3.27. The summed E-state index contributed by atoms with van der Waals surface area (Å²) in [5, 5.41) is 3.21. The van der Waals surface area contributed by atoms with E-state index in [9.17, 15) is 0 Å². The molecule has 1 aliphatic rings. The van der Waals surface area contributed by atoms with Crippen LogP contribution >= 0.6 is 11.3 Å². The number of aromatic nitrogens is 1. The highest BCUT2D eigenvalue weighted by molar-refractivity contribution is 7.09. The summed E-state index contributed by atoms with van der Waals surface area (Å²) < 4.78 is 0. The van der Waals surface area contributed by atoms with Gasteiger partial charge in [-0.3, -0.25) is 4.90 Å². The smallest absolute Gasteiger partial charge is 0.109 e. The Balaban J connectivity index is 1.89. The second-order valence-electron chi connectivity index (χ2n) is 5.49. The van der Waals surface area contributed by atoms with Gasteiger partial charge in [-0.05, 0) is 31.7 Å². The minimum absolute atomic E-state index is 0.0655. The first kappa shape index (κ1) is 13.0. The molecule has 2 rings (SSSR count). The maximum atomic E-state index is 5.83. The van der Waals surface area contributed by atoms with Gasteiger partial charge in [0, 0.05) is 18.5 Å². The van der Waals surface area contributed by atoms with Gasteiger partial charge in [0.05, 0.1) is 11.7 Å². The minimum atomic E-state index is 0.0655. The van der Waals surface area contributed by atoms with Crippen molar-refractivity contribution in [2.45, 2.75) is 39.8 Å². The summed E-state index contributed by atoms with van der Waals surface area (Å²) in [4.78, 5) is 7.11. The van der Waals surface area contributed by atoms with E-state index in [2.05, 4.69) is 29.1 Å². The van der Waals surface area contributed by atoms with Crippen molar-refractivity contribution < 1.29 is 0 Å². The molecular weight excluding hydrogens is 230 g/mol. The zero-order valence-corrected chi connectivity index (χ0v) is 11.8. The van der Waals surface area contributed by atoms with Gasteiger partial charge in [-0.15, -0.1) is 11.3 Å². The van der Waals surface area contributed by atoms with Crippen LogP contribution in [0.15, 0.2) is 5.38 Å². The van der Waals surface area contributed by atoms with E-state index in [0.717, 1.165) is 23.4 Å². The molecule has 0 aliphatic carbocycles. The summed E-state index contributed by atoms with van der Waals surface area (Å²) in [7, 11) is 0. The molecule has 2 atom stereocenters. The SMILES string of the molecule is CC(N)c1nc(CN2CCC(C(C)C)C2)cs1. The molecule has 2 N–H and O–H groups in total. The molecule has 0 bridgehead atoms. The monoisotopic (exact) mass is 253 g/mol. The zero-order chi connectivity index (χ0) is 12.4. The molecule has 1 aromatic heterocycles. The van der Waals surface area contributed by atoms with Crippen LogP contribution in [0, 0.1) is 11.8 Å². The highest BCUT2D eigenvalue weighted by Crippen LogP contribution is 2.25. The Bertz CT molecular complexity index is 359. The topological polar surface area (TPSA) is 42.1 Å². The van der Waals surface area contributed by atoms with Crippen molar-refractivity contribution in [2.24, 2.45) is 17.6 Å². The average molecular weight is 253 g/mol. The van der Waals surface area contributed by atoms with Gasteiger partial charge in [0.2, 0.25) is 0 Å². The summed E-state index contributed by atoms with van der Waals surface area (Å²) in [6.07, 6.45) is 1.34. The first-order valence-electron chi connectivity index (χ1n) is 6.48. The van der Waals surface area contributed by atoms with Crippen molar-refractivity contribution in [3.63, 3.8) is 0 Å². The Morgan fingerprint density at radius 3 is 2.82 bits per heavy atom. The molecule has 1 fully saturated rings. The lowest BCUT2D eigenvalue weighted by Crippen LogP contribution is -2.21. The zero-order valence-electron chi connectivity index (χ0n) is 11.0. The van der Waals surface area contributed by atoms with E-state index in [-0.39, 0.29) is 6.04 Å². The van der Waals surface area contributed by atoms with Crippen molar-refractivity contribution in [3.8, 4) is 0 Å². The molecule has 2 heterocycles. The van der Waals surface area contributed by atoms with Gasteiger partial charge in [-0.2, -0.15) is 0 Å². The van der Waals surface area contributed by atoms with Crippen LogP contribution in [0.5, 0.6) is 0 Å². The third-order valence-corrected chi connectivity index (χ3v) is 4.69. The molecule has 2 unspecified atom stereocenters. The van der Waals surface area contributed by atoms with E-state index >= 15 is 0 Å². The highest BCUT2D eigenvalue weighted by Gasteiger charge is 2.25. The largest absolute Gasteiger partial charge is 0.322 e. The number of likely N-dealkylation sites (tertiary alicyclic amines) is 1. The van der Waals surface area contributed by atoms with Gasteiger partial charge >= 0.3 is 0 Å². The summed E-state index contributed by atoms with van der Waals surface area (Å²) in [5.41, 5.74) is 7.02. The third-order valence-electron chi connectivity index (χ3n) is 3.60. The van der Waals surface area contributed by atoms with E-state index in [1.165, 1.54) is 25.2 Å². The van der Waals surface area contributed by atoms with Crippen molar-refractivity contribution in [1.82, 2.24) is 9.88 Å². The molecular formula is C13H23N3S. The van der Waals surface area contributed by atoms with Gasteiger partial charge in [0.25, 0.3) is 0 Å². The Kier molecular flexibility index (Phi) is 4.17. The molecule has 3 nitrogen and oxygen atoms in total. The van der Waals surface area contributed by atoms with Crippen LogP contribution in [0.1, 0.15) is 43.9 Å². The molecule has 0 radical (unpaired) electrons. The fourth-order valence-corrected chi connectivity index (χ4v) is 3.15. The maximum absolute atomic E-state index is 5.83. The van der Waals surface area contributed by atoms with E-state index in [1.54, 1.807) is 11.3 Å². The van der Waals surface area contributed by atoms with Crippen molar-refractivity contribution in [2.75, 3.05) is 13.1 Å². The van der Waals surface area contributed by atoms with Crippen molar-refractivity contribution >= 4 is 11.3 Å². The standard InChI is InChI=1S/C13H23N3S/c1-9(2)11-4-5-16(6-11)7-12-8-17-13(15-12)10(3)14/h8-11H,4-7,14H2,1-3H3. The van der Waals surface area contributed by atoms with Crippen LogP contribution in [0.2, 0.25) is 0 Å². The van der Waals surface area contributed by atoms with Gasteiger partial charge in [-0.25, -0.2) is 4.98 Å². The van der Waals surface area contributed by atoms with Gasteiger partial charge in [0.15, 0.2) is 0 Å². The van der Waals surface area contributed by atoms with Gasteiger partial charge in [0.1, 0.15) is 5.01 Å². The molecule has 0 amide bonds. The summed E-state index contributed by atoms with van der Waals surface area (Å²) >= 11 is 1.69. The van der Waals surface area contributed by atoms with Crippen LogP contribution < -0.4 is 5.73 Å². The number of nitrogens with two attached hydrogens (primary N) is 1. The normalized spacial score (nSPS) is 23.5. The molecule has 96 valence electrons. The lowest BCUT2D eigenvalue weighted by molar-refractivity contribution is 0.294. The lowest BCUT2D eigenvalue weighted by Gasteiger charge is -2.16. The highest BCUT2D eigenvalue weighted by atomic mass is 32.1. The Hall–Kier alpha value is -0.450. The van der Waals surface area contributed by atoms with E-state index in [1.807, 2.05) is 6.92 Å². The molecule has 4 heteroatoms. The Morgan fingerprint density at radius 2 is 2.29 bits per heavy atom. The minimum Gasteiger partial charge on any atom is -0.322 e. The lowest BCUT2D eigenvalue weighted by atomic mass is 9.95. The summed E-state index contributed by atoms with van der Waals surface area (Å²) in [6.45, 7) is 10.1. The van der Waals surface area contributed by atoms with Gasteiger partial charge in [-0.1, -0.05) is 13.8 Å². The van der Waals surface area contributed by atoms with E-state index in [0.29, 0.717) is 0 Å². The molecule has 1 saturated heterocycles. The summed E-state index contributed by atoms with van der Waals surface area (Å²) in [6, 6.07) is 0.0655. The molecule has 1 aliphatic heterocycles. The Morgan fingerprint density at radius 1 is 1.53 bits per heavy atom. The van der Waals surface area contributed by atoms with Crippen LogP contribution in [-0.4, -0.2) is 23.0 Å². The van der Waals surface area contributed by atoms with E-state index in [4.69, 9.17) is 5.73 Å². The fraction of sp³-hybridized carbons (Fsp3) is 0.769. The quantitative estimate of drug-likeness (QED) is 0.897. The first-order chi connectivity index (χ1) is 8.06.